The maximum Gasteiger partial charge on any atom is 0.335 e. The van der Waals surface area contributed by atoms with Crippen LogP contribution in [-0.2, 0) is 14.4 Å². The standard InChI is InChI=1S/C27H20BrCl2N3O6/c1-14-20(30)4-3-5-21(14)33-26(36)18(25(35)32-27(33)37)10-15-11-19(28)24(22(12-15)38-2)39-13-23(34)31-17-8-6-16(29)7-9-17/h3-12H,13H2,1-2H3,(H,31,34)(H,32,35,37)/b18-10+. The normalized spacial score (nSPS) is 14.3. The number of urea groups is 1. The monoisotopic (exact) mass is 631 g/mol. The molecule has 1 aliphatic rings. The predicted molar refractivity (Wildman–Crippen MR) is 151 cm³/mol. The molecule has 0 bridgehead atoms. The smallest absolute Gasteiger partial charge is 0.335 e. The topological polar surface area (TPSA) is 114 Å². The Morgan fingerprint density at radius 3 is 2.51 bits per heavy atom. The lowest BCUT2D eigenvalue weighted by Gasteiger charge is -2.27. The average Bonchev–Trinajstić information content (AvgIpc) is 2.89. The van der Waals surface area contributed by atoms with E-state index in [4.69, 9.17) is 32.7 Å². The van der Waals surface area contributed by atoms with E-state index in [9.17, 15) is 19.2 Å². The molecule has 0 spiro atoms. The first-order valence-corrected chi connectivity index (χ1v) is 12.9. The van der Waals surface area contributed by atoms with Gasteiger partial charge < -0.3 is 14.8 Å². The minimum atomic E-state index is -0.882. The number of hydrogen-bond donors (Lipinski definition) is 2. The molecule has 0 atom stereocenters. The molecule has 9 nitrogen and oxygen atoms in total. The second-order valence-corrected chi connectivity index (χ2v) is 9.92. The van der Waals surface area contributed by atoms with Gasteiger partial charge in [-0.25, -0.2) is 9.69 Å². The van der Waals surface area contributed by atoms with Crippen LogP contribution in [0.1, 0.15) is 11.1 Å². The highest BCUT2D eigenvalue weighted by molar-refractivity contribution is 9.10. The molecule has 0 unspecified atom stereocenters. The Morgan fingerprint density at radius 1 is 1.10 bits per heavy atom. The Labute approximate surface area is 241 Å². The van der Waals surface area contributed by atoms with E-state index in [-0.39, 0.29) is 29.4 Å². The number of carbonyl (C=O) groups excluding carboxylic acids is 4. The van der Waals surface area contributed by atoms with Gasteiger partial charge in [-0.2, -0.15) is 0 Å². The van der Waals surface area contributed by atoms with Crippen molar-refractivity contribution >= 4 is 80.3 Å². The summed E-state index contributed by atoms with van der Waals surface area (Å²) in [5, 5.41) is 5.78. The van der Waals surface area contributed by atoms with Gasteiger partial charge in [-0.1, -0.05) is 29.3 Å². The number of methoxy groups -OCH3 is 1. The number of rotatable bonds is 7. The molecule has 0 aromatic heterocycles. The third kappa shape index (κ3) is 6.25. The van der Waals surface area contributed by atoms with E-state index in [1.54, 1.807) is 55.5 Å². The third-order valence-corrected chi connectivity index (χ3v) is 6.87. The predicted octanol–water partition coefficient (Wildman–Crippen LogP) is 5.76. The van der Waals surface area contributed by atoms with E-state index in [2.05, 4.69) is 26.6 Å². The molecule has 200 valence electrons. The molecule has 1 aliphatic heterocycles. The Hall–Kier alpha value is -3.86. The van der Waals surface area contributed by atoms with E-state index in [1.807, 2.05) is 0 Å². The summed E-state index contributed by atoms with van der Waals surface area (Å²) in [7, 11) is 1.40. The van der Waals surface area contributed by atoms with E-state index in [0.717, 1.165) is 4.90 Å². The molecule has 1 fully saturated rings. The van der Waals surface area contributed by atoms with Gasteiger partial charge in [0.2, 0.25) is 0 Å². The summed E-state index contributed by atoms with van der Waals surface area (Å²) in [6.07, 6.45) is 1.32. The van der Waals surface area contributed by atoms with Crippen LogP contribution in [0.15, 0.2) is 64.6 Å². The number of nitrogens with zero attached hydrogens (tertiary/aromatic N) is 1. The van der Waals surface area contributed by atoms with Crippen molar-refractivity contribution in [1.29, 1.82) is 0 Å². The van der Waals surface area contributed by atoms with Crippen LogP contribution in [-0.4, -0.2) is 37.5 Å². The van der Waals surface area contributed by atoms with E-state index in [1.165, 1.54) is 19.3 Å². The zero-order valence-electron chi connectivity index (χ0n) is 20.5. The fraction of sp³-hybridized carbons (Fsp3) is 0.111. The first-order chi connectivity index (χ1) is 18.6. The minimum Gasteiger partial charge on any atom is -0.493 e. The molecule has 12 heteroatoms. The van der Waals surface area contributed by atoms with Crippen molar-refractivity contribution in [2.45, 2.75) is 6.92 Å². The number of carbonyl (C=O) groups is 4. The number of amides is 5. The van der Waals surface area contributed by atoms with Crippen LogP contribution in [0.5, 0.6) is 11.5 Å². The Kier molecular flexibility index (Phi) is 8.59. The van der Waals surface area contributed by atoms with Crippen molar-refractivity contribution in [2.75, 3.05) is 23.9 Å². The third-order valence-electron chi connectivity index (χ3n) is 5.62. The number of anilines is 2. The first kappa shape index (κ1) is 28.2. The van der Waals surface area contributed by atoms with Gasteiger partial charge in [0, 0.05) is 15.7 Å². The fourth-order valence-corrected chi connectivity index (χ4v) is 4.58. The van der Waals surface area contributed by atoms with Crippen molar-refractivity contribution in [3.05, 3.63) is 85.8 Å². The minimum absolute atomic E-state index is 0.233. The average molecular weight is 633 g/mol. The lowest BCUT2D eigenvalue weighted by molar-refractivity contribution is -0.122. The molecule has 2 N–H and O–H groups in total. The zero-order valence-corrected chi connectivity index (χ0v) is 23.6. The van der Waals surface area contributed by atoms with Crippen molar-refractivity contribution < 1.29 is 28.7 Å². The summed E-state index contributed by atoms with van der Waals surface area (Å²) >= 11 is 15.4. The molecule has 3 aromatic carbocycles. The van der Waals surface area contributed by atoms with E-state index in [0.29, 0.717) is 31.3 Å². The van der Waals surface area contributed by atoms with Gasteiger partial charge in [0.1, 0.15) is 5.57 Å². The molecule has 0 radical (unpaired) electrons. The summed E-state index contributed by atoms with van der Waals surface area (Å²) in [6.45, 7) is 1.34. The van der Waals surface area contributed by atoms with Gasteiger partial charge in [-0.15, -0.1) is 0 Å². The number of halogens is 3. The van der Waals surface area contributed by atoms with Crippen LogP contribution in [0.4, 0.5) is 16.2 Å². The highest BCUT2D eigenvalue weighted by Gasteiger charge is 2.37. The fourth-order valence-electron chi connectivity index (χ4n) is 3.71. The summed E-state index contributed by atoms with van der Waals surface area (Å²) in [4.78, 5) is 51.6. The van der Waals surface area contributed by atoms with Gasteiger partial charge >= 0.3 is 6.03 Å². The van der Waals surface area contributed by atoms with Crippen molar-refractivity contribution in [2.24, 2.45) is 0 Å². The number of hydrogen-bond acceptors (Lipinski definition) is 6. The largest absolute Gasteiger partial charge is 0.493 e. The second kappa shape index (κ2) is 11.9. The van der Waals surface area contributed by atoms with Crippen molar-refractivity contribution in [1.82, 2.24) is 5.32 Å². The van der Waals surface area contributed by atoms with Crippen LogP contribution in [0.25, 0.3) is 6.08 Å². The first-order valence-electron chi connectivity index (χ1n) is 11.3. The zero-order chi connectivity index (χ0) is 28.3. The van der Waals surface area contributed by atoms with Gasteiger partial charge in [0.05, 0.1) is 17.3 Å². The summed E-state index contributed by atoms with van der Waals surface area (Å²) in [5.74, 6) is -1.61. The molecule has 5 amide bonds. The molecule has 4 rings (SSSR count). The van der Waals surface area contributed by atoms with Crippen LogP contribution in [0.3, 0.4) is 0 Å². The number of benzene rings is 3. The van der Waals surface area contributed by atoms with Gasteiger partial charge in [0.15, 0.2) is 18.1 Å². The van der Waals surface area contributed by atoms with Gasteiger partial charge in [-0.3, -0.25) is 19.7 Å². The second-order valence-electron chi connectivity index (χ2n) is 8.22. The molecular weight excluding hydrogens is 613 g/mol. The highest BCUT2D eigenvalue weighted by atomic mass is 79.9. The van der Waals surface area contributed by atoms with Crippen LogP contribution in [0, 0.1) is 6.92 Å². The molecule has 1 saturated heterocycles. The maximum atomic E-state index is 13.3. The van der Waals surface area contributed by atoms with E-state index >= 15 is 0 Å². The molecule has 1 heterocycles. The van der Waals surface area contributed by atoms with Crippen LogP contribution >= 0.6 is 39.1 Å². The molecule has 3 aromatic rings. The SMILES string of the molecule is COc1cc(/C=C2\C(=O)NC(=O)N(c3cccc(Cl)c3C)C2=O)cc(Br)c1OCC(=O)Nc1ccc(Cl)cc1. The molecule has 0 aliphatic carbocycles. The molecule has 39 heavy (non-hydrogen) atoms. The lowest BCUT2D eigenvalue weighted by Crippen LogP contribution is -2.54. The molecule has 0 saturated carbocycles. The number of barbiturate groups is 1. The highest BCUT2D eigenvalue weighted by Crippen LogP contribution is 2.38. The molecular formula is C27H20BrCl2N3O6. The number of nitrogens with one attached hydrogen (secondary N) is 2. The van der Waals surface area contributed by atoms with E-state index < -0.39 is 23.8 Å². The van der Waals surface area contributed by atoms with Crippen molar-refractivity contribution in [3.8, 4) is 11.5 Å². The quantitative estimate of drug-likeness (QED) is 0.253. The van der Waals surface area contributed by atoms with Gasteiger partial charge in [-0.05, 0) is 88.6 Å². The summed E-state index contributed by atoms with van der Waals surface area (Å²) in [6, 6.07) is 13.6. The summed E-state index contributed by atoms with van der Waals surface area (Å²) < 4.78 is 11.5. The lowest BCUT2D eigenvalue weighted by atomic mass is 10.1. The Bertz CT molecular complexity index is 1520. The Balaban J connectivity index is 1.57. The van der Waals surface area contributed by atoms with Gasteiger partial charge in [0.25, 0.3) is 17.7 Å². The van der Waals surface area contributed by atoms with Crippen molar-refractivity contribution in [3.63, 3.8) is 0 Å². The van der Waals surface area contributed by atoms with Crippen LogP contribution < -0.4 is 25.0 Å². The number of imide groups is 2. The Morgan fingerprint density at radius 2 is 1.82 bits per heavy atom. The van der Waals surface area contributed by atoms with Crippen LogP contribution in [0.2, 0.25) is 10.0 Å². The number of ether oxygens (including phenoxy) is 2. The maximum absolute atomic E-state index is 13.3. The summed E-state index contributed by atoms with van der Waals surface area (Å²) in [5.41, 5.74) is 1.42.